The van der Waals surface area contributed by atoms with Gasteiger partial charge in [0.2, 0.25) is 5.88 Å². The van der Waals surface area contributed by atoms with Gasteiger partial charge in [0.25, 0.3) is 0 Å². The number of ether oxygens (including phenoxy) is 1. The highest BCUT2D eigenvalue weighted by atomic mass is 16.5. The molecule has 1 heterocycles. The Kier molecular flexibility index (Phi) is 4.68. The van der Waals surface area contributed by atoms with Crippen LogP contribution in [0.5, 0.6) is 5.88 Å². The van der Waals surface area contributed by atoms with Crippen molar-refractivity contribution >= 4 is 0 Å². The Balaban J connectivity index is 3.01. The van der Waals surface area contributed by atoms with E-state index in [4.69, 9.17) is 10.00 Å². The van der Waals surface area contributed by atoms with E-state index in [-0.39, 0.29) is 0 Å². The molecule has 0 spiro atoms. The maximum atomic E-state index is 9.00. The maximum absolute atomic E-state index is 9.00. The van der Waals surface area contributed by atoms with Crippen LogP contribution in [0.3, 0.4) is 0 Å². The summed E-state index contributed by atoms with van der Waals surface area (Å²) < 4.78 is 5.06. The molecule has 1 aromatic heterocycles. The first-order valence-corrected chi connectivity index (χ1v) is 5.36. The number of nitriles is 1. The second-order valence-corrected chi connectivity index (χ2v) is 3.89. The van der Waals surface area contributed by atoms with Gasteiger partial charge < -0.3 is 4.74 Å². The number of methoxy groups -OCH3 is 1. The van der Waals surface area contributed by atoms with E-state index in [0.717, 1.165) is 24.3 Å². The van der Waals surface area contributed by atoms with E-state index in [1.807, 2.05) is 26.1 Å². The van der Waals surface area contributed by atoms with Crippen LogP contribution < -0.4 is 4.74 Å². The Labute approximate surface area is 102 Å². The quantitative estimate of drug-likeness (QED) is 0.726. The smallest absolute Gasteiger partial charge is 0.231 e. The van der Waals surface area contributed by atoms with Gasteiger partial charge in [-0.15, -0.1) is 6.58 Å². The summed E-state index contributed by atoms with van der Waals surface area (Å²) in [5, 5.41) is 9.00. The minimum absolute atomic E-state index is 0.389. The number of rotatable bonds is 5. The summed E-state index contributed by atoms with van der Waals surface area (Å²) in [4.78, 5) is 6.38. The Morgan fingerprint density at radius 2 is 2.35 bits per heavy atom. The molecular formula is C13H17N3O. The van der Waals surface area contributed by atoms with Crippen LogP contribution in [0.15, 0.2) is 18.7 Å². The molecule has 0 aliphatic rings. The lowest BCUT2D eigenvalue weighted by molar-refractivity contribution is 0.359. The van der Waals surface area contributed by atoms with Gasteiger partial charge in [-0.3, -0.25) is 4.90 Å². The number of nitrogens with zero attached hydrogens (tertiary/aromatic N) is 3. The van der Waals surface area contributed by atoms with Gasteiger partial charge in [-0.05, 0) is 25.6 Å². The van der Waals surface area contributed by atoms with E-state index in [2.05, 4.69) is 22.5 Å². The molecule has 0 atom stereocenters. The molecule has 4 nitrogen and oxygen atoms in total. The van der Waals surface area contributed by atoms with E-state index >= 15 is 0 Å². The van der Waals surface area contributed by atoms with Gasteiger partial charge in [0, 0.05) is 18.8 Å². The fraction of sp³-hybridized carbons (Fsp3) is 0.385. The fourth-order valence-electron chi connectivity index (χ4n) is 1.60. The zero-order valence-electron chi connectivity index (χ0n) is 10.5. The second-order valence-electron chi connectivity index (χ2n) is 3.89. The van der Waals surface area contributed by atoms with Crippen molar-refractivity contribution in [3.63, 3.8) is 0 Å². The number of pyridine rings is 1. The molecule has 0 aromatic carbocycles. The first-order valence-electron chi connectivity index (χ1n) is 5.36. The number of hydrogen-bond acceptors (Lipinski definition) is 4. The molecule has 0 bridgehead atoms. The molecule has 0 saturated heterocycles. The Hall–Kier alpha value is -1.86. The Morgan fingerprint density at radius 1 is 1.65 bits per heavy atom. The van der Waals surface area contributed by atoms with Crippen LogP contribution in [0.1, 0.15) is 16.8 Å². The van der Waals surface area contributed by atoms with E-state index in [1.54, 1.807) is 0 Å². The molecule has 0 unspecified atom stereocenters. The minimum atomic E-state index is 0.389. The molecule has 0 saturated carbocycles. The summed E-state index contributed by atoms with van der Waals surface area (Å²) >= 11 is 0. The number of hydrogen-bond donors (Lipinski definition) is 0. The number of aryl methyl sites for hydroxylation is 1. The highest BCUT2D eigenvalue weighted by molar-refractivity contribution is 5.42. The Bertz CT molecular complexity index is 449. The molecular weight excluding hydrogens is 214 g/mol. The minimum Gasteiger partial charge on any atom is -0.480 e. The van der Waals surface area contributed by atoms with Crippen LogP contribution in [-0.4, -0.2) is 30.6 Å². The van der Waals surface area contributed by atoms with Gasteiger partial charge in [0.15, 0.2) is 0 Å². The second kappa shape index (κ2) is 6.02. The average Bonchev–Trinajstić information content (AvgIpc) is 2.31. The lowest BCUT2D eigenvalue weighted by atomic mass is 10.1. The van der Waals surface area contributed by atoms with Crippen LogP contribution >= 0.6 is 0 Å². The van der Waals surface area contributed by atoms with Crippen molar-refractivity contribution in [1.29, 1.82) is 5.26 Å². The van der Waals surface area contributed by atoms with E-state index in [1.165, 1.54) is 7.11 Å². The number of likely N-dealkylation sites (N-methyl/N-ethyl adjacent to an activating group) is 1. The van der Waals surface area contributed by atoms with Gasteiger partial charge in [0.1, 0.15) is 11.6 Å². The molecule has 17 heavy (non-hydrogen) atoms. The summed E-state index contributed by atoms with van der Waals surface area (Å²) in [5.41, 5.74) is 2.39. The van der Waals surface area contributed by atoms with E-state index < -0.39 is 0 Å². The average molecular weight is 231 g/mol. The van der Waals surface area contributed by atoms with Gasteiger partial charge in [-0.1, -0.05) is 6.08 Å². The molecule has 90 valence electrons. The monoisotopic (exact) mass is 231 g/mol. The molecule has 0 N–H and O–H groups in total. The van der Waals surface area contributed by atoms with Crippen molar-refractivity contribution in [2.24, 2.45) is 0 Å². The molecule has 0 aliphatic carbocycles. The number of aromatic nitrogens is 1. The van der Waals surface area contributed by atoms with Gasteiger partial charge >= 0.3 is 0 Å². The van der Waals surface area contributed by atoms with Crippen molar-refractivity contribution in [3.8, 4) is 11.9 Å². The van der Waals surface area contributed by atoms with Crippen LogP contribution in [0, 0.1) is 18.3 Å². The summed E-state index contributed by atoms with van der Waals surface area (Å²) in [6.45, 7) is 7.15. The zero-order chi connectivity index (χ0) is 12.8. The molecule has 4 heteroatoms. The molecule has 1 aromatic rings. The lowest BCUT2D eigenvalue weighted by Crippen LogP contribution is -2.18. The third-order valence-electron chi connectivity index (χ3n) is 2.48. The molecule has 0 radical (unpaired) electrons. The fourth-order valence-corrected chi connectivity index (χ4v) is 1.60. The van der Waals surface area contributed by atoms with E-state index in [9.17, 15) is 0 Å². The van der Waals surface area contributed by atoms with Crippen LogP contribution in [0.2, 0.25) is 0 Å². The first kappa shape index (κ1) is 13.2. The van der Waals surface area contributed by atoms with Gasteiger partial charge in [-0.2, -0.15) is 5.26 Å². The highest BCUT2D eigenvalue weighted by Crippen LogP contribution is 2.19. The predicted octanol–water partition coefficient (Wildman–Crippen LogP) is 1.89. The van der Waals surface area contributed by atoms with Crippen molar-refractivity contribution in [2.45, 2.75) is 13.5 Å². The third-order valence-corrected chi connectivity index (χ3v) is 2.48. The van der Waals surface area contributed by atoms with Crippen LogP contribution in [0.4, 0.5) is 0 Å². The molecule has 0 fully saturated rings. The van der Waals surface area contributed by atoms with Gasteiger partial charge in [-0.25, -0.2) is 4.98 Å². The molecule has 1 rings (SSSR count). The van der Waals surface area contributed by atoms with Crippen molar-refractivity contribution < 1.29 is 4.74 Å². The van der Waals surface area contributed by atoms with E-state index in [0.29, 0.717) is 11.4 Å². The first-order chi connectivity index (χ1) is 8.12. The van der Waals surface area contributed by atoms with Gasteiger partial charge in [0.05, 0.1) is 7.11 Å². The van der Waals surface area contributed by atoms with Crippen molar-refractivity contribution in [3.05, 3.63) is 35.5 Å². The normalized spacial score (nSPS) is 10.1. The third kappa shape index (κ3) is 3.30. The predicted molar refractivity (Wildman–Crippen MR) is 66.8 cm³/mol. The summed E-state index contributed by atoms with van der Waals surface area (Å²) in [5.74, 6) is 0.389. The summed E-state index contributed by atoms with van der Waals surface area (Å²) in [6, 6.07) is 3.93. The largest absolute Gasteiger partial charge is 0.480 e. The zero-order valence-corrected chi connectivity index (χ0v) is 10.5. The summed E-state index contributed by atoms with van der Waals surface area (Å²) in [7, 11) is 3.52. The Morgan fingerprint density at radius 3 is 2.88 bits per heavy atom. The lowest BCUT2D eigenvalue weighted by Gasteiger charge is -2.16. The van der Waals surface area contributed by atoms with Crippen LogP contribution in [0.25, 0.3) is 0 Å². The van der Waals surface area contributed by atoms with Crippen LogP contribution in [-0.2, 0) is 6.54 Å². The molecule has 0 aliphatic heterocycles. The topological polar surface area (TPSA) is 49.2 Å². The summed E-state index contributed by atoms with van der Waals surface area (Å²) in [6.07, 6.45) is 1.84. The highest BCUT2D eigenvalue weighted by Gasteiger charge is 2.10. The standard InChI is InChI=1S/C13H17N3O/c1-5-6-16(3)9-12-7-11(8-14)13(17-4)15-10(12)2/h5,7H,1,6,9H2,2-4H3. The van der Waals surface area contributed by atoms with Crippen molar-refractivity contribution in [1.82, 2.24) is 9.88 Å². The SMILES string of the molecule is C=CCN(C)Cc1cc(C#N)c(OC)nc1C. The molecule has 0 amide bonds. The van der Waals surface area contributed by atoms with Crippen molar-refractivity contribution in [2.75, 3.05) is 20.7 Å². The maximum Gasteiger partial charge on any atom is 0.231 e.